The Morgan fingerprint density at radius 3 is 2.46 bits per heavy atom. The Bertz CT molecular complexity index is 335. The molecule has 1 aromatic rings. The van der Waals surface area contributed by atoms with Gasteiger partial charge in [0.15, 0.2) is 0 Å². The molecule has 0 aliphatic heterocycles. The van der Waals surface area contributed by atoms with Crippen LogP contribution in [0.2, 0.25) is 0 Å². The fourth-order valence-corrected chi connectivity index (χ4v) is 0.767. The lowest BCUT2D eigenvalue weighted by molar-refractivity contribution is 0.123. The fourth-order valence-electron chi connectivity index (χ4n) is 0.767. The van der Waals surface area contributed by atoms with Gasteiger partial charge in [0.1, 0.15) is 11.7 Å². The van der Waals surface area contributed by atoms with Crippen molar-refractivity contribution in [1.29, 1.82) is 5.26 Å². The van der Waals surface area contributed by atoms with Gasteiger partial charge in [-0.2, -0.15) is 5.26 Å². The second kappa shape index (κ2) is 3.40. The summed E-state index contributed by atoms with van der Waals surface area (Å²) in [5.74, 6) is 0.289. The predicted molar refractivity (Wildman–Crippen MR) is 47.1 cm³/mol. The van der Waals surface area contributed by atoms with Crippen molar-refractivity contribution in [2.24, 2.45) is 0 Å². The molecule has 0 amide bonds. The summed E-state index contributed by atoms with van der Waals surface area (Å²) in [6.07, 6.45) is 2.97. The minimum absolute atomic E-state index is 0.220. The van der Waals surface area contributed by atoms with Crippen molar-refractivity contribution < 1.29 is 4.74 Å². The largest absolute Gasteiger partial charge is 0.470 e. The van der Waals surface area contributed by atoms with Gasteiger partial charge in [0.2, 0.25) is 5.69 Å². The van der Waals surface area contributed by atoms with Gasteiger partial charge in [-0.15, -0.1) is 0 Å². The first-order valence-corrected chi connectivity index (χ1v) is 3.93. The molecule has 0 bridgehead atoms. The average molecular weight is 177 g/mol. The minimum atomic E-state index is -0.359. The molecule has 4 heteroatoms. The Labute approximate surface area is 77.2 Å². The van der Waals surface area contributed by atoms with Gasteiger partial charge in [-0.05, 0) is 20.8 Å². The molecule has 0 radical (unpaired) electrons. The van der Waals surface area contributed by atoms with E-state index < -0.39 is 0 Å². The molecule has 0 N–H and O–H groups in total. The van der Waals surface area contributed by atoms with E-state index >= 15 is 0 Å². The van der Waals surface area contributed by atoms with Crippen LogP contribution >= 0.6 is 0 Å². The van der Waals surface area contributed by atoms with Crippen molar-refractivity contribution >= 4 is 0 Å². The zero-order chi connectivity index (χ0) is 9.90. The monoisotopic (exact) mass is 177 g/mol. The molecule has 0 unspecified atom stereocenters. The Balaban J connectivity index is 2.96. The number of nitrogens with zero attached hydrogens (tertiary/aromatic N) is 3. The number of aromatic nitrogens is 2. The molecule has 0 fully saturated rings. The van der Waals surface area contributed by atoms with Crippen molar-refractivity contribution in [1.82, 2.24) is 9.97 Å². The molecular weight excluding hydrogens is 166 g/mol. The van der Waals surface area contributed by atoms with Gasteiger partial charge < -0.3 is 4.74 Å². The van der Waals surface area contributed by atoms with Crippen molar-refractivity contribution in [3.05, 3.63) is 18.1 Å². The molecular formula is C9H11N3O. The van der Waals surface area contributed by atoms with Gasteiger partial charge in [0, 0.05) is 12.4 Å². The van der Waals surface area contributed by atoms with Crippen molar-refractivity contribution in [2.45, 2.75) is 26.4 Å². The van der Waals surface area contributed by atoms with Crippen LogP contribution in [0.5, 0.6) is 5.88 Å². The van der Waals surface area contributed by atoms with Crippen molar-refractivity contribution in [3.8, 4) is 11.9 Å². The maximum atomic E-state index is 8.68. The average Bonchev–Trinajstić information content (AvgIpc) is 2.02. The van der Waals surface area contributed by atoms with Gasteiger partial charge >= 0.3 is 0 Å². The van der Waals surface area contributed by atoms with E-state index in [1.807, 2.05) is 26.8 Å². The minimum Gasteiger partial charge on any atom is -0.470 e. The molecule has 0 aromatic carbocycles. The standard InChI is InChI=1S/C9H11N3O/c1-9(2,3)13-8-7(6-10)11-4-5-12-8/h4-5H,1-3H3. The molecule has 1 heterocycles. The van der Waals surface area contributed by atoms with Gasteiger partial charge in [-0.1, -0.05) is 0 Å². The quantitative estimate of drug-likeness (QED) is 0.652. The van der Waals surface area contributed by atoms with Crippen LogP contribution in [0, 0.1) is 11.3 Å². The molecule has 13 heavy (non-hydrogen) atoms. The topological polar surface area (TPSA) is 58.8 Å². The second-order valence-electron chi connectivity index (χ2n) is 3.54. The Morgan fingerprint density at radius 2 is 1.92 bits per heavy atom. The first-order chi connectivity index (χ1) is 6.03. The molecule has 68 valence electrons. The normalized spacial score (nSPS) is 10.6. The smallest absolute Gasteiger partial charge is 0.251 e. The predicted octanol–water partition coefficient (Wildman–Crippen LogP) is 1.53. The number of ether oxygens (including phenoxy) is 1. The molecule has 0 atom stereocenters. The van der Waals surface area contributed by atoms with E-state index in [1.54, 1.807) is 0 Å². The third kappa shape index (κ3) is 2.71. The van der Waals surface area contributed by atoms with E-state index in [-0.39, 0.29) is 17.2 Å². The number of hydrogen-bond donors (Lipinski definition) is 0. The zero-order valence-corrected chi connectivity index (χ0v) is 7.90. The molecule has 0 aliphatic rings. The lowest BCUT2D eigenvalue weighted by Gasteiger charge is -2.20. The van der Waals surface area contributed by atoms with Crippen LogP contribution in [0.1, 0.15) is 26.5 Å². The van der Waals surface area contributed by atoms with Crippen LogP contribution in [0.3, 0.4) is 0 Å². The van der Waals surface area contributed by atoms with E-state index in [1.165, 1.54) is 12.4 Å². The SMILES string of the molecule is CC(C)(C)Oc1nccnc1C#N. The van der Waals surface area contributed by atoms with Gasteiger partial charge in [0.25, 0.3) is 5.88 Å². The molecule has 1 aromatic heterocycles. The van der Waals surface area contributed by atoms with E-state index in [0.717, 1.165) is 0 Å². The van der Waals surface area contributed by atoms with Crippen LogP contribution < -0.4 is 4.74 Å². The summed E-state index contributed by atoms with van der Waals surface area (Å²) < 4.78 is 5.43. The molecule has 1 rings (SSSR count). The lowest BCUT2D eigenvalue weighted by Crippen LogP contribution is -2.24. The molecule has 0 aliphatic carbocycles. The number of nitriles is 1. The van der Waals surface area contributed by atoms with E-state index in [9.17, 15) is 0 Å². The van der Waals surface area contributed by atoms with Crippen LogP contribution in [-0.4, -0.2) is 15.6 Å². The Hall–Kier alpha value is -1.63. The third-order valence-corrected chi connectivity index (χ3v) is 1.17. The third-order valence-electron chi connectivity index (χ3n) is 1.17. The van der Waals surface area contributed by atoms with Crippen LogP contribution in [-0.2, 0) is 0 Å². The first kappa shape index (κ1) is 9.46. The molecule has 0 saturated carbocycles. The summed E-state index contributed by atoms with van der Waals surface area (Å²) in [7, 11) is 0. The maximum Gasteiger partial charge on any atom is 0.251 e. The molecule has 4 nitrogen and oxygen atoms in total. The highest BCUT2D eigenvalue weighted by Crippen LogP contribution is 2.16. The highest BCUT2D eigenvalue weighted by molar-refractivity contribution is 5.30. The van der Waals surface area contributed by atoms with Gasteiger partial charge in [0.05, 0.1) is 0 Å². The van der Waals surface area contributed by atoms with Crippen molar-refractivity contribution in [3.63, 3.8) is 0 Å². The van der Waals surface area contributed by atoms with E-state index in [0.29, 0.717) is 0 Å². The summed E-state index contributed by atoms with van der Waals surface area (Å²) in [5, 5.41) is 8.68. The lowest BCUT2D eigenvalue weighted by atomic mass is 10.2. The number of hydrogen-bond acceptors (Lipinski definition) is 4. The fraction of sp³-hybridized carbons (Fsp3) is 0.444. The van der Waals surface area contributed by atoms with Crippen molar-refractivity contribution in [2.75, 3.05) is 0 Å². The Morgan fingerprint density at radius 1 is 1.31 bits per heavy atom. The summed E-state index contributed by atoms with van der Waals surface area (Å²) in [4.78, 5) is 7.76. The maximum absolute atomic E-state index is 8.68. The summed E-state index contributed by atoms with van der Waals surface area (Å²) in [6, 6.07) is 1.92. The summed E-state index contributed by atoms with van der Waals surface area (Å²) in [5.41, 5.74) is -0.140. The number of rotatable bonds is 1. The van der Waals surface area contributed by atoms with Crippen LogP contribution in [0.15, 0.2) is 12.4 Å². The summed E-state index contributed by atoms with van der Waals surface area (Å²) in [6.45, 7) is 5.68. The van der Waals surface area contributed by atoms with Crippen LogP contribution in [0.25, 0.3) is 0 Å². The summed E-state index contributed by atoms with van der Waals surface area (Å²) >= 11 is 0. The zero-order valence-electron chi connectivity index (χ0n) is 7.90. The van der Waals surface area contributed by atoms with Gasteiger partial charge in [-0.25, -0.2) is 9.97 Å². The molecule has 0 spiro atoms. The highest BCUT2D eigenvalue weighted by Gasteiger charge is 2.15. The Kier molecular flexibility index (Phi) is 2.47. The van der Waals surface area contributed by atoms with E-state index in [4.69, 9.17) is 10.00 Å². The first-order valence-electron chi connectivity index (χ1n) is 3.93. The van der Waals surface area contributed by atoms with Gasteiger partial charge in [-0.3, -0.25) is 0 Å². The highest BCUT2D eigenvalue weighted by atomic mass is 16.5. The molecule has 0 saturated heterocycles. The van der Waals surface area contributed by atoms with E-state index in [2.05, 4.69) is 9.97 Å². The second-order valence-corrected chi connectivity index (χ2v) is 3.54. The van der Waals surface area contributed by atoms with Crippen LogP contribution in [0.4, 0.5) is 0 Å².